The van der Waals surface area contributed by atoms with Crippen LogP contribution in [0.1, 0.15) is 79.7 Å². The van der Waals surface area contributed by atoms with E-state index in [9.17, 15) is 28.8 Å². The Hall–Kier alpha value is -4.42. The molecule has 6 atom stereocenters. The molecule has 3 heterocycles. The topological polar surface area (TPSA) is 179 Å². The largest absolute Gasteiger partial charge is 0.460 e. The number of rotatable bonds is 7. The number of H-pyrrole nitrogens is 1. The number of amides is 5. The number of aromatic amines is 1. The molecule has 2 aromatic rings. The summed E-state index contributed by atoms with van der Waals surface area (Å²) in [5, 5.41) is 12.1. The van der Waals surface area contributed by atoms with Crippen LogP contribution < -0.4 is 21.3 Å². The lowest BCUT2D eigenvalue weighted by molar-refractivity contribution is -0.158. The van der Waals surface area contributed by atoms with Gasteiger partial charge in [0, 0.05) is 30.1 Å². The molecule has 2 fully saturated rings. The zero-order chi connectivity index (χ0) is 35.3. The van der Waals surface area contributed by atoms with Crippen LogP contribution >= 0.6 is 0 Å². The highest BCUT2D eigenvalue weighted by Crippen LogP contribution is 2.23. The van der Waals surface area contributed by atoms with E-state index in [0.29, 0.717) is 19.3 Å². The quantitative estimate of drug-likeness (QED) is 0.281. The Labute approximate surface area is 281 Å². The smallest absolute Gasteiger partial charge is 0.308 e. The van der Waals surface area contributed by atoms with Crippen molar-refractivity contribution in [2.24, 2.45) is 11.8 Å². The van der Waals surface area contributed by atoms with Crippen LogP contribution in [0.2, 0.25) is 0 Å². The summed E-state index contributed by atoms with van der Waals surface area (Å²) in [4.78, 5) is 87.2. The van der Waals surface area contributed by atoms with Crippen LogP contribution in [-0.4, -0.2) is 87.7 Å². The average Bonchev–Trinajstić information content (AvgIpc) is 3.67. The lowest BCUT2D eigenvalue weighted by Gasteiger charge is -2.31. The fourth-order valence-electron chi connectivity index (χ4n) is 6.25. The molecule has 48 heavy (non-hydrogen) atoms. The summed E-state index contributed by atoms with van der Waals surface area (Å²) in [6, 6.07) is 2.05. The molecule has 4 rings (SSSR count). The number of para-hydroxylation sites is 1. The molecular formula is C35H50N6O7. The maximum Gasteiger partial charge on any atom is 0.308 e. The number of carbonyl (C=O) groups is 6. The fourth-order valence-corrected chi connectivity index (χ4v) is 6.25. The van der Waals surface area contributed by atoms with E-state index in [1.54, 1.807) is 40.8 Å². The standard InChI is InChI=1S/C35H50N6O7/c1-8-20(4)29-33(46)37-24(16-21-18-36-23-13-10-9-12-22(21)23)30(43)38-25(17-27(42)48-35(5,6)7)34(47)41-15-11-14-26(41)31(44)39-28(19(2)3)32(45)40-29/h9-10,12-13,18-20,24-26,28-29,36H,8,11,14-17H2,1-7H3,(H,37,46)(H,38,43)(H,39,44)(H,40,45)/t20-,24+,25+,26-,28+,29-/m0/s1. The second-order valence-electron chi connectivity index (χ2n) is 14.3. The van der Waals surface area contributed by atoms with Crippen LogP contribution in [-0.2, 0) is 39.9 Å². The van der Waals surface area contributed by atoms with Crippen molar-refractivity contribution in [2.75, 3.05) is 6.54 Å². The maximum absolute atomic E-state index is 14.2. The molecule has 5 amide bonds. The van der Waals surface area contributed by atoms with Crippen molar-refractivity contribution in [3.63, 3.8) is 0 Å². The van der Waals surface area contributed by atoms with Crippen LogP contribution in [0, 0.1) is 11.8 Å². The summed E-state index contributed by atoms with van der Waals surface area (Å²) in [7, 11) is 0. The molecule has 0 unspecified atom stereocenters. The normalized spacial score (nSPS) is 25.4. The van der Waals surface area contributed by atoms with Crippen molar-refractivity contribution in [2.45, 2.75) is 116 Å². The highest BCUT2D eigenvalue weighted by molar-refractivity contribution is 5.99. The zero-order valence-corrected chi connectivity index (χ0v) is 29.0. The van der Waals surface area contributed by atoms with Gasteiger partial charge < -0.3 is 35.9 Å². The van der Waals surface area contributed by atoms with Gasteiger partial charge in [0.15, 0.2) is 0 Å². The molecule has 1 aromatic carbocycles. The van der Waals surface area contributed by atoms with Gasteiger partial charge in [0.05, 0.1) is 6.42 Å². The third kappa shape index (κ3) is 8.73. The molecule has 1 aromatic heterocycles. The predicted octanol–water partition coefficient (Wildman–Crippen LogP) is 2.09. The number of aromatic nitrogens is 1. The third-order valence-corrected chi connectivity index (χ3v) is 9.02. The van der Waals surface area contributed by atoms with Crippen LogP contribution in [0.3, 0.4) is 0 Å². The summed E-state index contributed by atoms with van der Waals surface area (Å²) < 4.78 is 5.50. The number of benzene rings is 1. The van der Waals surface area contributed by atoms with Gasteiger partial charge in [-0.05, 0) is 57.1 Å². The maximum atomic E-state index is 14.2. The van der Waals surface area contributed by atoms with Gasteiger partial charge in [-0.1, -0.05) is 52.3 Å². The first-order chi connectivity index (χ1) is 22.6. The minimum Gasteiger partial charge on any atom is -0.460 e. The molecule has 262 valence electrons. The lowest BCUT2D eigenvalue weighted by atomic mass is 9.95. The van der Waals surface area contributed by atoms with Gasteiger partial charge in [0.25, 0.3) is 0 Å². The highest BCUT2D eigenvalue weighted by atomic mass is 16.6. The molecule has 2 saturated heterocycles. The van der Waals surface area contributed by atoms with Crippen molar-refractivity contribution in [3.8, 4) is 0 Å². The number of carbonyl (C=O) groups excluding carboxylic acids is 6. The number of hydrogen-bond donors (Lipinski definition) is 5. The number of nitrogens with zero attached hydrogens (tertiary/aromatic N) is 1. The summed E-state index contributed by atoms with van der Waals surface area (Å²) in [5.74, 6) is -4.33. The van der Waals surface area contributed by atoms with E-state index in [0.717, 1.165) is 16.5 Å². The van der Waals surface area contributed by atoms with Crippen LogP contribution in [0.4, 0.5) is 0 Å². The number of fused-ring (bicyclic) bond motifs is 2. The van der Waals surface area contributed by atoms with Crippen LogP contribution in [0.5, 0.6) is 0 Å². The average molecular weight is 667 g/mol. The molecule has 2 aliphatic heterocycles. The van der Waals surface area contributed by atoms with Crippen molar-refractivity contribution in [3.05, 3.63) is 36.0 Å². The number of esters is 1. The molecule has 13 nitrogen and oxygen atoms in total. The minimum absolute atomic E-state index is 0.0527. The van der Waals surface area contributed by atoms with Gasteiger partial charge in [0.1, 0.15) is 35.8 Å². The number of ether oxygens (including phenoxy) is 1. The molecule has 0 spiro atoms. The van der Waals surface area contributed by atoms with Crippen LogP contribution in [0.15, 0.2) is 30.5 Å². The van der Waals surface area contributed by atoms with Crippen molar-refractivity contribution >= 4 is 46.4 Å². The summed E-state index contributed by atoms with van der Waals surface area (Å²) in [5.41, 5.74) is 0.746. The van der Waals surface area contributed by atoms with E-state index in [1.807, 2.05) is 38.1 Å². The van der Waals surface area contributed by atoms with Gasteiger partial charge in [-0.15, -0.1) is 0 Å². The Morgan fingerprint density at radius 1 is 0.896 bits per heavy atom. The number of nitrogens with one attached hydrogen (secondary N) is 5. The molecule has 13 heteroatoms. The van der Waals surface area contributed by atoms with E-state index in [2.05, 4.69) is 26.3 Å². The second-order valence-corrected chi connectivity index (χ2v) is 14.3. The second kappa shape index (κ2) is 15.2. The third-order valence-electron chi connectivity index (χ3n) is 9.02. The van der Waals surface area contributed by atoms with Crippen molar-refractivity contribution < 1.29 is 33.5 Å². The summed E-state index contributed by atoms with van der Waals surface area (Å²) in [6.45, 7) is 12.6. The van der Waals surface area contributed by atoms with E-state index in [-0.39, 0.29) is 24.8 Å². The summed E-state index contributed by atoms with van der Waals surface area (Å²) in [6.07, 6.45) is 2.73. The van der Waals surface area contributed by atoms with E-state index >= 15 is 0 Å². The predicted molar refractivity (Wildman–Crippen MR) is 179 cm³/mol. The van der Waals surface area contributed by atoms with Gasteiger partial charge in [-0.2, -0.15) is 0 Å². The summed E-state index contributed by atoms with van der Waals surface area (Å²) >= 11 is 0. The van der Waals surface area contributed by atoms with E-state index in [4.69, 9.17) is 4.74 Å². The van der Waals surface area contributed by atoms with Gasteiger partial charge in [-0.3, -0.25) is 28.8 Å². The molecule has 0 radical (unpaired) electrons. The van der Waals surface area contributed by atoms with Crippen molar-refractivity contribution in [1.82, 2.24) is 31.2 Å². The molecule has 2 aliphatic rings. The zero-order valence-electron chi connectivity index (χ0n) is 29.0. The van der Waals surface area contributed by atoms with Gasteiger partial charge >= 0.3 is 5.97 Å². The first kappa shape index (κ1) is 36.4. The van der Waals surface area contributed by atoms with Crippen LogP contribution in [0.25, 0.3) is 10.9 Å². The minimum atomic E-state index is -1.38. The Morgan fingerprint density at radius 2 is 1.54 bits per heavy atom. The van der Waals surface area contributed by atoms with Gasteiger partial charge in [-0.25, -0.2) is 0 Å². The Balaban J connectivity index is 1.79. The highest BCUT2D eigenvalue weighted by Gasteiger charge is 2.42. The first-order valence-corrected chi connectivity index (χ1v) is 16.9. The van der Waals surface area contributed by atoms with E-state index < -0.39 is 77.7 Å². The van der Waals surface area contributed by atoms with E-state index in [1.165, 1.54) is 4.90 Å². The molecule has 5 N–H and O–H groups in total. The number of hydrogen-bond acceptors (Lipinski definition) is 7. The first-order valence-electron chi connectivity index (χ1n) is 16.9. The molecule has 0 saturated carbocycles. The van der Waals surface area contributed by atoms with Crippen molar-refractivity contribution in [1.29, 1.82) is 0 Å². The lowest BCUT2D eigenvalue weighted by Crippen LogP contribution is -2.60. The SMILES string of the molecule is CC[C@H](C)[C@@H]1NC(=O)[C@@H](C(C)C)NC(=O)[C@@H]2CCCN2C(=O)[C@@H](CC(=O)OC(C)(C)C)NC(=O)[C@@H](Cc2c[nH]c3ccccc23)NC1=O. The Morgan fingerprint density at radius 3 is 2.21 bits per heavy atom. The monoisotopic (exact) mass is 666 g/mol. The molecule has 0 aliphatic carbocycles. The van der Waals surface area contributed by atoms with Gasteiger partial charge in [0.2, 0.25) is 29.5 Å². The molecular weight excluding hydrogens is 616 g/mol. The molecule has 0 bridgehead atoms. The Kier molecular flexibility index (Phi) is 11.5. The Bertz CT molecular complexity index is 1530. The fraction of sp³-hybridized carbons (Fsp3) is 0.600.